The molecule has 2 rings (SSSR count). The first kappa shape index (κ1) is 14.0. The Hall–Kier alpha value is -1.39. The molecule has 1 aromatic heterocycles. The highest BCUT2D eigenvalue weighted by atomic mass is 79.9. The molecule has 0 aliphatic carbocycles. The lowest BCUT2D eigenvalue weighted by Gasteiger charge is -2.16. The van der Waals surface area contributed by atoms with Gasteiger partial charge >= 0.3 is 0 Å². The van der Waals surface area contributed by atoms with Crippen molar-refractivity contribution in [3.8, 4) is 0 Å². The zero-order chi connectivity index (χ0) is 13.8. The second-order valence-corrected chi connectivity index (χ2v) is 5.72. The zero-order valence-electron chi connectivity index (χ0n) is 11.2. The van der Waals surface area contributed by atoms with Crippen LogP contribution >= 0.6 is 15.9 Å². The standard InChI is InChI=1S/C15H18BrN3/c1-19(2)14-5-3-12(4-6-14)15(17)8-11-7-13(16)10-18-9-11/h3-7,9-10,15H,8,17H2,1-2H3. The van der Waals surface area contributed by atoms with E-state index in [0.717, 1.165) is 22.0 Å². The van der Waals surface area contributed by atoms with Crippen molar-refractivity contribution in [1.29, 1.82) is 0 Å². The molecule has 0 radical (unpaired) electrons. The van der Waals surface area contributed by atoms with E-state index in [9.17, 15) is 0 Å². The van der Waals surface area contributed by atoms with Crippen molar-refractivity contribution in [2.75, 3.05) is 19.0 Å². The van der Waals surface area contributed by atoms with E-state index < -0.39 is 0 Å². The lowest BCUT2D eigenvalue weighted by molar-refractivity contribution is 0.719. The maximum absolute atomic E-state index is 6.25. The molecule has 100 valence electrons. The molecular weight excluding hydrogens is 302 g/mol. The van der Waals surface area contributed by atoms with Gasteiger partial charge < -0.3 is 10.6 Å². The number of anilines is 1. The van der Waals surface area contributed by atoms with E-state index in [4.69, 9.17) is 5.73 Å². The van der Waals surface area contributed by atoms with Crippen molar-refractivity contribution in [1.82, 2.24) is 4.98 Å². The van der Waals surface area contributed by atoms with Crippen LogP contribution in [0.3, 0.4) is 0 Å². The van der Waals surface area contributed by atoms with Crippen LogP contribution in [0.2, 0.25) is 0 Å². The second kappa shape index (κ2) is 6.17. The number of pyridine rings is 1. The van der Waals surface area contributed by atoms with Crippen LogP contribution in [0, 0.1) is 0 Å². The molecule has 2 N–H and O–H groups in total. The molecule has 0 spiro atoms. The molecule has 2 aromatic rings. The number of rotatable bonds is 4. The summed E-state index contributed by atoms with van der Waals surface area (Å²) in [5.74, 6) is 0. The van der Waals surface area contributed by atoms with E-state index in [0.29, 0.717) is 0 Å². The first-order chi connectivity index (χ1) is 9.06. The minimum atomic E-state index is -0.00712. The quantitative estimate of drug-likeness (QED) is 0.941. The fourth-order valence-electron chi connectivity index (χ4n) is 1.96. The van der Waals surface area contributed by atoms with Crippen LogP contribution in [-0.2, 0) is 6.42 Å². The molecule has 4 heteroatoms. The fourth-order valence-corrected chi connectivity index (χ4v) is 2.37. The normalized spacial score (nSPS) is 12.2. The first-order valence-electron chi connectivity index (χ1n) is 6.18. The Morgan fingerprint density at radius 3 is 2.47 bits per heavy atom. The third-order valence-electron chi connectivity index (χ3n) is 3.05. The number of aromatic nitrogens is 1. The number of nitrogens with two attached hydrogens (primary N) is 1. The van der Waals surface area contributed by atoms with Crippen molar-refractivity contribution in [3.63, 3.8) is 0 Å². The highest BCUT2D eigenvalue weighted by Crippen LogP contribution is 2.20. The van der Waals surface area contributed by atoms with Gasteiger partial charge in [-0.15, -0.1) is 0 Å². The maximum Gasteiger partial charge on any atom is 0.0410 e. The van der Waals surface area contributed by atoms with Crippen LogP contribution in [0.15, 0.2) is 47.2 Å². The molecule has 0 aliphatic heterocycles. The molecule has 0 bridgehead atoms. The minimum absolute atomic E-state index is 0.00712. The summed E-state index contributed by atoms with van der Waals surface area (Å²) in [6, 6.07) is 10.4. The number of halogens is 1. The zero-order valence-corrected chi connectivity index (χ0v) is 12.8. The van der Waals surface area contributed by atoms with Crippen molar-refractivity contribution < 1.29 is 0 Å². The van der Waals surface area contributed by atoms with Gasteiger partial charge in [-0.2, -0.15) is 0 Å². The molecule has 19 heavy (non-hydrogen) atoms. The van der Waals surface area contributed by atoms with Crippen LogP contribution in [0.25, 0.3) is 0 Å². The second-order valence-electron chi connectivity index (χ2n) is 4.81. The fraction of sp³-hybridized carbons (Fsp3) is 0.267. The Bertz CT molecular complexity index is 537. The van der Waals surface area contributed by atoms with E-state index >= 15 is 0 Å². The molecule has 0 saturated heterocycles. The molecule has 0 amide bonds. The van der Waals surface area contributed by atoms with Crippen molar-refractivity contribution >= 4 is 21.6 Å². The molecule has 0 fully saturated rings. The summed E-state index contributed by atoms with van der Waals surface area (Å²) in [6.07, 6.45) is 4.42. The number of hydrogen-bond acceptors (Lipinski definition) is 3. The number of nitrogens with zero attached hydrogens (tertiary/aromatic N) is 2. The predicted octanol–water partition coefficient (Wildman–Crippen LogP) is 3.15. The summed E-state index contributed by atoms with van der Waals surface area (Å²) in [6.45, 7) is 0. The van der Waals surface area contributed by atoms with Crippen molar-refractivity contribution in [2.24, 2.45) is 5.73 Å². The van der Waals surface area contributed by atoms with E-state index in [1.165, 1.54) is 5.69 Å². The van der Waals surface area contributed by atoms with E-state index in [-0.39, 0.29) is 6.04 Å². The molecule has 1 aromatic carbocycles. The third kappa shape index (κ3) is 3.78. The molecule has 1 atom stereocenters. The van der Waals surface area contributed by atoms with Gasteiger partial charge in [0.1, 0.15) is 0 Å². The lowest BCUT2D eigenvalue weighted by atomic mass is 10.0. The van der Waals surface area contributed by atoms with Gasteiger partial charge in [0.15, 0.2) is 0 Å². The van der Waals surface area contributed by atoms with E-state index in [2.05, 4.69) is 56.1 Å². The molecule has 1 heterocycles. The average Bonchev–Trinajstić information content (AvgIpc) is 2.39. The molecule has 1 unspecified atom stereocenters. The SMILES string of the molecule is CN(C)c1ccc(C(N)Cc2cncc(Br)c2)cc1. The summed E-state index contributed by atoms with van der Waals surface area (Å²) in [5.41, 5.74) is 9.71. The van der Waals surface area contributed by atoms with Gasteiger partial charge in [-0.3, -0.25) is 4.98 Å². The Labute approximate surface area is 122 Å². The summed E-state index contributed by atoms with van der Waals surface area (Å²) < 4.78 is 0.986. The number of benzene rings is 1. The Kier molecular flexibility index (Phi) is 4.56. The van der Waals surface area contributed by atoms with Gasteiger partial charge in [-0.05, 0) is 51.7 Å². The van der Waals surface area contributed by atoms with E-state index in [1.54, 1.807) is 6.20 Å². The van der Waals surface area contributed by atoms with Crippen LogP contribution < -0.4 is 10.6 Å². The Balaban J connectivity index is 2.09. The van der Waals surface area contributed by atoms with Crippen LogP contribution in [-0.4, -0.2) is 19.1 Å². The lowest BCUT2D eigenvalue weighted by Crippen LogP contribution is -2.14. The van der Waals surface area contributed by atoms with Gasteiger partial charge in [0.25, 0.3) is 0 Å². The first-order valence-corrected chi connectivity index (χ1v) is 6.98. The topological polar surface area (TPSA) is 42.1 Å². The van der Waals surface area contributed by atoms with Crippen molar-refractivity contribution in [3.05, 3.63) is 58.3 Å². The summed E-state index contributed by atoms with van der Waals surface area (Å²) in [4.78, 5) is 6.24. The van der Waals surface area contributed by atoms with Crippen LogP contribution in [0.4, 0.5) is 5.69 Å². The van der Waals surface area contributed by atoms with Gasteiger partial charge in [0, 0.05) is 42.7 Å². The van der Waals surface area contributed by atoms with Gasteiger partial charge in [-0.1, -0.05) is 12.1 Å². The summed E-state index contributed by atoms with van der Waals surface area (Å²) >= 11 is 3.42. The van der Waals surface area contributed by atoms with Gasteiger partial charge in [0.05, 0.1) is 0 Å². The molecule has 0 saturated carbocycles. The summed E-state index contributed by atoms with van der Waals surface area (Å²) in [7, 11) is 4.06. The Morgan fingerprint density at radius 2 is 1.89 bits per heavy atom. The monoisotopic (exact) mass is 319 g/mol. The number of hydrogen-bond donors (Lipinski definition) is 1. The minimum Gasteiger partial charge on any atom is -0.378 e. The maximum atomic E-state index is 6.25. The molecule has 0 aliphatic rings. The largest absolute Gasteiger partial charge is 0.378 e. The van der Waals surface area contributed by atoms with E-state index in [1.807, 2.05) is 20.3 Å². The van der Waals surface area contributed by atoms with Crippen LogP contribution in [0.1, 0.15) is 17.2 Å². The molecular formula is C15H18BrN3. The van der Waals surface area contributed by atoms with Gasteiger partial charge in [0.2, 0.25) is 0 Å². The van der Waals surface area contributed by atoms with Gasteiger partial charge in [-0.25, -0.2) is 0 Å². The smallest absolute Gasteiger partial charge is 0.0410 e. The summed E-state index contributed by atoms with van der Waals surface area (Å²) in [5, 5.41) is 0. The highest BCUT2D eigenvalue weighted by Gasteiger charge is 2.08. The Morgan fingerprint density at radius 1 is 1.21 bits per heavy atom. The van der Waals surface area contributed by atoms with Crippen molar-refractivity contribution in [2.45, 2.75) is 12.5 Å². The highest BCUT2D eigenvalue weighted by molar-refractivity contribution is 9.10. The van der Waals surface area contributed by atoms with Crippen LogP contribution in [0.5, 0.6) is 0 Å². The average molecular weight is 320 g/mol. The molecule has 3 nitrogen and oxygen atoms in total. The third-order valence-corrected chi connectivity index (χ3v) is 3.49. The predicted molar refractivity (Wildman–Crippen MR) is 83.3 cm³/mol.